The second kappa shape index (κ2) is 10.6. The van der Waals surface area contributed by atoms with Gasteiger partial charge in [0.2, 0.25) is 0 Å². The van der Waals surface area contributed by atoms with E-state index in [1.807, 2.05) is 40.0 Å². The zero-order chi connectivity index (χ0) is 21.7. The maximum Gasteiger partial charge on any atom is 0.113 e. The summed E-state index contributed by atoms with van der Waals surface area (Å²) in [5.74, 6) is 0. The molecular formula is C22H33N9. The van der Waals surface area contributed by atoms with Crippen LogP contribution in [0.4, 0.5) is 0 Å². The minimum Gasteiger partial charge on any atom is -0.249 e. The van der Waals surface area contributed by atoms with Gasteiger partial charge in [-0.05, 0) is 45.9 Å². The lowest BCUT2D eigenvalue weighted by Crippen LogP contribution is -2.00. The predicted octanol–water partition coefficient (Wildman–Crippen LogP) is 5.20. The van der Waals surface area contributed by atoms with Gasteiger partial charge in [-0.25, -0.2) is 9.36 Å². The molecule has 4 aromatic rings. The van der Waals surface area contributed by atoms with Crippen molar-refractivity contribution in [1.29, 1.82) is 0 Å². The fraction of sp³-hybridized carbons (Fsp3) is 0.455. The molecule has 0 aliphatic carbocycles. The van der Waals surface area contributed by atoms with Crippen LogP contribution in [-0.4, -0.2) is 45.4 Å². The molecule has 3 aromatic heterocycles. The topological polar surface area (TPSA) is 103 Å². The van der Waals surface area contributed by atoms with E-state index in [1.54, 1.807) is 6.20 Å². The molecule has 166 valence electrons. The SMILES string of the molecule is C.CC(C)n1cc(-c2cc(-c3cn(C(C)C)nn3)cc(-c3cn[nH]n3)c2)nn1.CCC. The van der Waals surface area contributed by atoms with Gasteiger partial charge in [-0.3, -0.25) is 0 Å². The molecular weight excluding hydrogens is 390 g/mol. The van der Waals surface area contributed by atoms with Gasteiger partial charge in [0.25, 0.3) is 0 Å². The van der Waals surface area contributed by atoms with E-state index in [4.69, 9.17) is 0 Å². The molecule has 0 saturated carbocycles. The van der Waals surface area contributed by atoms with E-state index in [9.17, 15) is 0 Å². The van der Waals surface area contributed by atoms with Gasteiger partial charge in [0.15, 0.2) is 0 Å². The highest BCUT2D eigenvalue weighted by molar-refractivity contribution is 5.77. The smallest absolute Gasteiger partial charge is 0.113 e. The largest absolute Gasteiger partial charge is 0.249 e. The molecule has 0 radical (unpaired) electrons. The summed E-state index contributed by atoms with van der Waals surface area (Å²) in [5.41, 5.74) is 5.16. The van der Waals surface area contributed by atoms with Crippen molar-refractivity contribution in [3.63, 3.8) is 0 Å². The third kappa shape index (κ3) is 5.62. The maximum absolute atomic E-state index is 4.33. The van der Waals surface area contributed by atoms with Crippen molar-refractivity contribution in [2.75, 3.05) is 0 Å². The summed E-state index contributed by atoms with van der Waals surface area (Å²) >= 11 is 0. The second-order valence-corrected chi connectivity index (χ2v) is 7.72. The Balaban J connectivity index is 0.000000808. The predicted molar refractivity (Wildman–Crippen MR) is 123 cm³/mol. The van der Waals surface area contributed by atoms with Gasteiger partial charge in [0.05, 0.1) is 18.6 Å². The molecule has 0 aliphatic rings. The summed E-state index contributed by atoms with van der Waals surface area (Å²) in [4.78, 5) is 0. The first kappa shape index (κ1) is 23.9. The Kier molecular flexibility index (Phi) is 8.18. The molecule has 0 spiro atoms. The third-order valence-electron chi connectivity index (χ3n) is 4.31. The van der Waals surface area contributed by atoms with Gasteiger partial charge in [-0.15, -0.1) is 10.2 Å². The van der Waals surface area contributed by atoms with Gasteiger partial charge in [0, 0.05) is 28.8 Å². The van der Waals surface area contributed by atoms with Crippen LogP contribution in [0.5, 0.6) is 0 Å². The van der Waals surface area contributed by atoms with E-state index in [0.29, 0.717) is 0 Å². The van der Waals surface area contributed by atoms with Crippen molar-refractivity contribution in [3.05, 3.63) is 36.8 Å². The Morgan fingerprint density at radius 2 is 1.19 bits per heavy atom. The van der Waals surface area contributed by atoms with Crippen molar-refractivity contribution in [2.45, 2.75) is 67.5 Å². The molecule has 0 amide bonds. The molecule has 1 aromatic carbocycles. The Labute approximate surface area is 183 Å². The summed E-state index contributed by atoms with van der Waals surface area (Å²) in [7, 11) is 0. The van der Waals surface area contributed by atoms with E-state index in [2.05, 4.69) is 77.6 Å². The molecule has 31 heavy (non-hydrogen) atoms. The fourth-order valence-electron chi connectivity index (χ4n) is 2.73. The van der Waals surface area contributed by atoms with Crippen LogP contribution >= 0.6 is 0 Å². The molecule has 1 N–H and O–H groups in total. The Bertz CT molecular complexity index is 994. The first-order valence-corrected chi connectivity index (χ1v) is 10.3. The summed E-state index contributed by atoms with van der Waals surface area (Å²) in [5, 5.41) is 27.9. The lowest BCUT2D eigenvalue weighted by Gasteiger charge is -2.06. The zero-order valence-corrected chi connectivity index (χ0v) is 18.4. The lowest BCUT2D eigenvalue weighted by molar-refractivity contribution is 0.514. The number of aromatic amines is 1. The molecule has 0 fully saturated rings. The molecule has 0 atom stereocenters. The Hall–Kier alpha value is -3.36. The number of rotatable bonds is 5. The number of hydrogen-bond acceptors (Lipinski definition) is 6. The number of nitrogens with zero attached hydrogens (tertiary/aromatic N) is 8. The molecule has 0 bridgehead atoms. The highest BCUT2D eigenvalue weighted by atomic mass is 15.4. The van der Waals surface area contributed by atoms with Gasteiger partial charge in [-0.1, -0.05) is 38.1 Å². The highest BCUT2D eigenvalue weighted by Crippen LogP contribution is 2.30. The molecule has 0 saturated heterocycles. The van der Waals surface area contributed by atoms with Crippen LogP contribution in [0.25, 0.3) is 33.8 Å². The average Bonchev–Trinajstić information content (AvgIpc) is 3.50. The van der Waals surface area contributed by atoms with E-state index < -0.39 is 0 Å². The molecule has 0 unspecified atom stereocenters. The first-order chi connectivity index (χ1) is 14.4. The number of aromatic nitrogens is 9. The van der Waals surface area contributed by atoms with Crippen LogP contribution in [0, 0.1) is 0 Å². The van der Waals surface area contributed by atoms with Crippen LogP contribution in [0.3, 0.4) is 0 Å². The normalized spacial score (nSPS) is 10.7. The number of benzene rings is 1. The van der Waals surface area contributed by atoms with Crippen LogP contribution in [0.1, 0.15) is 67.5 Å². The van der Waals surface area contributed by atoms with Crippen LogP contribution in [0.2, 0.25) is 0 Å². The van der Waals surface area contributed by atoms with Gasteiger partial charge < -0.3 is 0 Å². The monoisotopic (exact) mass is 423 g/mol. The number of hydrogen-bond donors (Lipinski definition) is 1. The van der Waals surface area contributed by atoms with Crippen LogP contribution in [0.15, 0.2) is 36.8 Å². The lowest BCUT2D eigenvalue weighted by atomic mass is 10.0. The quantitative estimate of drug-likeness (QED) is 0.473. The summed E-state index contributed by atoms with van der Waals surface area (Å²) in [6, 6.07) is 6.60. The molecule has 3 heterocycles. The van der Waals surface area contributed by atoms with Crippen molar-refractivity contribution in [1.82, 2.24) is 45.4 Å². The van der Waals surface area contributed by atoms with Crippen LogP contribution < -0.4 is 0 Å². The number of H-pyrrole nitrogens is 1. The Morgan fingerprint density at radius 3 is 1.52 bits per heavy atom. The summed E-state index contributed by atoms with van der Waals surface area (Å²) < 4.78 is 3.68. The summed E-state index contributed by atoms with van der Waals surface area (Å²) in [6.45, 7) is 12.5. The minimum atomic E-state index is 0. The number of nitrogens with one attached hydrogen (secondary N) is 1. The highest BCUT2D eigenvalue weighted by Gasteiger charge is 2.14. The van der Waals surface area contributed by atoms with Crippen molar-refractivity contribution < 1.29 is 0 Å². The minimum absolute atomic E-state index is 0. The molecule has 9 nitrogen and oxygen atoms in total. The van der Waals surface area contributed by atoms with E-state index >= 15 is 0 Å². The summed E-state index contributed by atoms with van der Waals surface area (Å²) in [6.07, 6.45) is 6.83. The van der Waals surface area contributed by atoms with E-state index in [0.717, 1.165) is 33.8 Å². The Morgan fingerprint density at radius 1 is 0.774 bits per heavy atom. The average molecular weight is 424 g/mol. The van der Waals surface area contributed by atoms with Crippen LogP contribution in [-0.2, 0) is 0 Å². The van der Waals surface area contributed by atoms with Gasteiger partial charge in [-0.2, -0.15) is 15.4 Å². The van der Waals surface area contributed by atoms with Gasteiger partial charge in [0.1, 0.15) is 17.1 Å². The molecule has 4 rings (SSSR count). The molecule has 0 aliphatic heterocycles. The first-order valence-electron chi connectivity index (χ1n) is 10.3. The van der Waals surface area contributed by atoms with Crippen molar-refractivity contribution >= 4 is 0 Å². The standard InChI is InChI=1S/C18H21N9.C3H8.CH4/c1-11(2)26-9-17(21-24-26)14-5-13(16-8-19-23-20-16)6-15(7-14)18-10-27(12(3)4)25-22-18;1-3-2;/h5-12H,1-4H3,(H,19,20,23);3H2,1-2H3;1H4. The molecule has 9 heteroatoms. The fourth-order valence-corrected chi connectivity index (χ4v) is 2.73. The van der Waals surface area contributed by atoms with Gasteiger partial charge >= 0.3 is 0 Å². The second-order valence-electron chi connectivity index (χ2n) is 7.72. The van der Waals surface area contributed by atoms with Crippen molar-refractivity contribution in [3.8, 4) is 33.8 Å². The van der Waals surface area contributed by atoms with Crippen molar-refractivity contribution in [2.24, 2.45) is 0 Å². The zero-order valence-electron chi connectivity index (χ0n) is 18.4. The third-order valence-corrected chi connectivity index (χ3v) is 4.31. The van der Waals surface area contributed by atoms with E-state index in [-0.39, 0.29) is 19.5 Å². The maximum atomic E-state index is 4.33. The van der Waals surface area contributed by atoms with E-state index in [1.165, 1.54) is 6.42 Å².